The topological polar surface area (TPSA) is 115 Å². The molecule has 3 N–H and O–H groups in total. The average molecular weight is 273 g/mol. The van der Waals surface area contributed by atoms with E-state index in [1.807, 2.05) is 0 Å². The van der Waals surface area contributed by atoms with Crippen LogP contribution >= 0.6 is 0 Å². The van der Waals surface area contributed by atoms with Gasteiger partial charge in [-0.15, -0.1) is 5.10 Å². The molecule has 0 unspecified atom stereocenters. The smallest absolute Gasteiger partial charge is 0.409 e. The summed E-state index contributed by atoms with van der Waals surface area (Å²) in [6.45, 7) is 0. The van der Waals surface area contributed by atoms with Gasteiger partial charge in [-0.2, -0.15) is 17.9 Å². The van der Waals surface area contributed by atoms with E-state index < -0.39 is 11.9 Å². The van der Waals surface area contributed by atoms with Crippen LogP contribution in [0, 0.1) is 0 Å². The fourth-order valence-corrected chi connectivity index (χ4v) is 1.14. The molecule has 0 saturated carbocycles. The first-order chi connectivity index (χ1) is 8.91. The van der Waals surface area contributed by atoms with Gasteiger partial charge in [-0.25, -0.2) is 15.0 Å². The van der Waals surface area contributed by atoms with Crippen molar-refractivity contribution in [3.8, 4) is 5.95 Å². The predicted molar refractivity (Wildman–Crippen MR) is 54.5 cm³/mol. The fourth-order valence-electron chi connectivity index (χ4n) is 1.14. The van der Waals surface area contributed by atoms with E-state index in [2.05, 4.69) is 25.2 Å². The lowest BCUT2D eigenvalue weighted by molar-refractivity contribution is -0.141. The number of hydrogen-bond donors (Lipinski definition) is 2. The van der Waals surface area contributed by atoms with Crippen molar-refractivity contribution in [1.82, 2.24) is 24.7 Å². The summed E-state index contributed by atoms with van der Waals surface area (Å²) in [4.78, 5) is 10.6. The molecule has 0 saturated heterocycles. The van der Waals surface area contributed by atoms with Gasteiger partial charge < -0.3 is 10.9 Å². The molecule has 0 fully saturated rings. The van der Waals surface area contributed by atoms with Crippen LogP contribution in [-0.2, 0) is 6.18 Å². The third-order valence-corrected chi connectivity index (χ3v) is 1.97. The van der Waals surface area contributed by atoms with Crippen LogP contribution in [0.25, 0.3) is 5.95 Å². The molecule has 0 aromatic carbocycles. The van der Waals surface area contributed by atoms with Crippen molar-refractivity contribution in [2.45, 2.75) is 6.18 Å². The third kappa shape index (κ3) is 2.59. The Morgan fingerprint density at radius 1 is 1.37 bits per heavy atom. The van der Waals surface area contributed by atoms with Gasteiger partial charge in [-0.05, 0) is 6.07 Å². The minimum absolute atomic E-state index is 0.163. The van der Waals surface area contributed by atoms with E-state index in [0.717, 1.165) is 23.3 Å². The zero-order valence-corrected chi connectivity index (χ0v) is 9.07. The number of amidine groups is 1. The second-order valence-electron chi connectivity index (χ2n) is 3.24. The van der Waals surface area contributed by atoms with Crippen LogP contribution in [0.4, 0.5) is 13.2 Å². The van der Waals surface area contributed by atoms with Gasteiger partial charge >= 0.3 is 6.18 Å². The third-order valence-electron chi connectivity index (χ3n) is 1.97. The van der Waals surface area contributed by atoms with Gasteiger partial charge in [0.25, 0.3) is 5.95 Å². The van der Waals surface area contributed by atoms with Gasteiger partial charge in [0.2, 0.25) is 11.7 Å². The first-order valence-corrected chi connectivity index (χ1v) is 4.72. The standard InChI is InChI=1S/C8H6F3N7O/c9-8(10,11)4-1-2-13-7(15-4)18-3-14-6(16-18)5(12)17-19/h1-3,19H,(H2,12,17). The molecular formula is C8H6F3N7O. The quantitative estimate of drug-likeness (QED) is 0.349. The normalized spacial score (nSPS) is 12.7. The number of halogens is 3. The molecule has 2 aromatic heterocycles. The van der Waals surface area contributed by atoms with Crippen molar-refractivity contribution in [2.24, 2.45) is 10.9 Å². The van der Waals surface area contributed by atoms with E-state index in [9.17, 15) is 13.2 Å². The maximum atomic E-state index is 12.5. The molecule has 2 rings (SSSR count). The fraction of sp³-hybridized carbons (Fsp3) is 0.125. The summed E-state index contributed by atoms with van der Waals surface area (Å²) in [7, 11) is 0. The van der Waals surface area contributed by atoms with Crippen LogP contribution < -0.4 is 5.73 Å². The van der Waals surface area contributed by atoms with Crippen LogP contribution in [-0.4, -0.2) is 35.8 Å². The number of rotatable bonds is 2. The Labute approximate surface area is 103 Å². The van der Waals surface area contributed by atoms with Crippen LogP contribution in [0.2, 0.25) is 0 Å². The molecule has 0 aliphatic heterocycles. The minimum atomic E-state index is -4.59. The maximum absolute atomic E-state index is 12.5. The SMILES string of the molecule is NC(=NO)c1ncn(-c2nccc(C(F)(F)F)n2)n1. The zero-order chi connectivity index (χ0) is 14.0. The molecule has 0 atom stereocenters. The number of nitrogens with two attached hydrogens (primary N) is 1. The Hall–Kier alpha value is -2.72. The molecule has 0 radical (unpaired) electrons. The zero-order valence-electron chi connectivity index (χ0n) is 9.07. The van der Waals surface area contributed by atoms with E-state index >= 15 is 0 Å². The number of alkyl halides is 3. The Morgan fingerprint density at radius 3 is 2.74 bits per heavy atom. The highest BCUT2D eigenvalue weighted by atomic mass is 19.4. The van der Waals surface area contributed by atoms with Gasteiger partial charge in [0, 0.05) is 6.20 Å². The lowest BCUT2D eigenvalue weighted by atomic mass is 10.4. The van der Waals surface area contributed by atoms with E-state index in [0.29, 0.717) is 0 Å². The van der Waals surface area contributed by atoms with Crippen LogP contribution in [0.15, 0.2) is 23.7 Å². The van der Waals surface area contributed by atoms with Gasteiger partial charge in [-0.3, -0.25) is 0 Å². The highest BCUT2D eigenvalue weighted by molar-refractivity contribution is 5.93. The summed E-state index contributed by atoms with van der Waals surface area (Å²) in [6.07, 6.45) is -2.61. The molecule has 0 amide bonds. The molecule has 0 spiro atoms. The lowest BCUT2D eigenvalue weighted by Crippen LogP contribution is -2.16. The Bertz CT molecular complexity index is 621. The average Bonchev–Trinajstić information content (AvgIpc) is 2.86. The van der Waals surface area contributed by atoms with E-state index in [4.69, 9.17) is 10.9 Å². The summed E-state index contributed by atoms with van der Waals surface area (Å²) in [5, 5.41) is 14.7. The highest BCUT2D eigenvalue weighted by Crippen LogP contribution is 2.27. The summed E-state index contributed by atoms with van der Waals surface area (Å²) < 4.78 is 38.3. The Balaban J connectivity index is 2.40. The molecule has 19 heavy (non-hydrogen) atoms. The summed E-state index contributed by atoms with van der Waals surface area (Å²) in [5.41, 5.74) is 4.11. The molecule has 8 nitrogen and oxygen atoms in total. The minimum Gasteiger partial charge on any atom is -0.409 e. The van der Waals surface area contributed by atoms with E-state index in [-0.39, 0.29) is 17.6 Å². The van der Waals surface area contributed by atoms with Crippen molar-refractivity contribution >= 4 is 5.84 Å². The number of oxime groups is 1. The van der Waals surface area contributed by atoms with Crippen molar-refractivity contribution < 1.29 is 18.4 Å². The maximum Gasteiger partial charge on any atom is 0.433 e. The second kappa shape index (κ2) is 4.51. The highest BCUT2D eigenvalue weighted by Gasteiger charge is 2.33. The van der Waals surface area contributed by atoms with Crippen molar-refractivity contribution in [3.63, 3.8) is 0 Å². The molecule has 100 valence electrons. The van der Waals surface area contributed by atoms with E-state index in [1.165, 1.54) is 0 Å². The number of nitrogens with zero attached hydrogens (tertiary/aromatic N) is 6. The van der Waals surface area contributed by atoms with Crippen LogP contribution in [0.5, 0.6) is 0 Å². The lowest BCUT2D eigenvalue weighted by Gasteiger charge is -2.05. The van der Waals surface area contributed by atoms with Gasteiger partial charge in [0.1, 0.15) is 12.0 Å². The first-order valence-electron chi connectivity index (χ1n) is 4.72. The summed E-state index contributed by atoms with van der Waals surface area (Å²) in [5.74, 6) is -0.881. The monoisotopic (exact) mass is 273 g/mol. The molecule has 0 aliphatic carbocycles. The Kier molecular flexibility index (Phi) is 3.02. The number of hydrogen-bond acceptors (Lipinski definition) is 6. The first kappa shape index (κ1) is 12.7. The molecular weight excluding hydrogens is 267 g/mol. The molecule has 0 aliphatic rings. The second-order valence-corrected chi connectivity index (χ2v) is 3.24. The van der Waals surface area contributed by atoms with Crippen LogP contribution in [0.3, 0.4) is 0 Å². The van der Waals surface area contributed by atoms with Crippen molar-refractivity contribution in [3.05, 3.63) is 30.1 Å². The largest absolute Gasteiger partial charge is 0.433 e. The summed E-state index contributed by atoms with van der Waals surface area (Å²) in [6, 6.07) is 0.727. The van der Waals surface area contributed by atoms with Gasteiger partial charge in [-0.1, -0.05) is 5.16 Å². The van der Waals surface area contributed by atoms with E-state index in [1.54, 1.807) is 0 Å². The summed E-state index contributed by atoms with van der Waals surface area (Å²) >= 11 is 0. The van der Waals surface area contributed by atoms with Crippen molar-refractivity contribution in [1.29, 1.82) is 0 Å². The molecule has 11 heteroatoms. The molecule has 2 aromatic rings. The molecule has 2 heterocycles. The molecule has 0 bridgehead atoms. The Morgan fingerprint density at radius 2 is 2.11 bits per heavy atom. The number of aromatic nitrogens is 5. The van der Waals surface area contributed by atoms with Gasteiger partial charge in [0.15, 0.2) is 0 Å². The predicted octanol–water partition coefficient (Wildman–Crippen LogP) is 0.171. The van der Waals surface area contributed by atoms with Crippen LogP contribution in [0.1, 0.15) is 11.5 Å². The van der Waals surface area contributed by atoms with Crippen molar-refractivity contribution in [2.75, 3.05) is 0 Å². The van der Waals surface area contributed by atoms with Gasteiger partial charge in [0.05, 0.1) is 0 Å².